The maximum absolute atomic E-state index is 12.4. The molecule has 1 fully saturated rings. The van der Waals surface area contributed by atoms with Crippen molar-refractivity contribution in [3.8, 4) is 0 Å². The molecule has 150 valence electrons. The van der Waals surface area contributed by atoms with Crippen LogP contribution in [0.15, 0.2) is 33.9 Å². The van der Waals surface area contributed by atoms with Crippen LogP contribution in [0.25, 0.3) is 10.8 Å². The first-order chi connectivity index (χ1) is 13.2. The van der Waals surface area contributed by atoms with Crippen LogP contribution >= 0.6 is 0 Å². The van der Waals surface area contributed by atoms with E-state index in [2.05, 4.69) is 5.10 Å². The van der Waals surface area contributed by atoms with Crippen LogP contribution in [0.1, 0.15) is 6.42 Å². The number of aromatic amines is 1. The second-order valence-corrected chi connectivity index (χ2v) is 8.83. The molecule has 2 aromatic rings. The molecule has 0 bridgehead atoms. The fraction of sp³-hybridized carbons (Fsp3) is 0.412. The standard InChI is InChI=1S/C17H19N3O7S/c1-19(11-6-7-28(25,26)10-11)14(21)9-27-15(22)8-20-17(24)13-5-3-2-4-12(13)16(23)18-20/h2-5,11H,6-10H2,1H3,(H,18,23)/t11-/m0/s1. The zero-order chi connectivity index (χ0) is 20.5. The molecule has 0 spiro atoms. The van der Waals surface area contributed by atoms with Gasteiger partial charge >= 0.3 is 5.97 Å². The van der Waals surface area contributed by atoms with E-state index in [1.54, 1.807) is 12.1 Å². The normalized spacial score (nSPS) is 18.1. The molecule has 3 rings (SSSR count). The maximum Gasteiger partial charge on any atom is 0.328 e. The van der Waals surface area contributed by atoms with Crippen molar-refractivity contribution in [1.82, 2.24) is 14.7 Å². The smallest absolute Gasteiger partial charge is 0.328 e. The Balaban J connectivity index is 1.63. The molecule has 1 aliphatic rings. The minimum atomic E-state index is -3.15. The van der Waals surface area contributed by atoms with E-state index in [-0.39, 0.29) is 22.3 Å². The fourth-order valence-electron chi connectivity index (χ4n) is 3.06. The van der Waals surface area contributed by atoms with Crippen LogP contribution in [-0.2, 0) is 30.7 Å². The van der Waals surface area contributed by atoms with E-state index in [1.165, 1.54) is 24.1 Å². The quantitative estimate of drug-likeness (QED) is 0.618. The summed E-state index contributed by atoms with van der Waals surface area (Å²) < 4.78 is 28.7. The van der Waals surface area contributed by atoms with Gasteiger partial charge in [-0.15, -0.1) is 0 Å². The number of hydrogen-bond donors (Lipinski definition) is 1. The van der Waals surface area contributed by atoms with Gasteiger partial charge in [-0.3, -0.25) is 24.3 Å². The lowest BCUT2D eigenvalue weighted by molar-refractivity contribution is -0.152. The topological polar surface area (TPSA) is 136 Å². The van der Waals surface area contributed by atoms with Crippen LogP contribution in [0.3, 0.4) is 0 Å². The molecule has 11 heteroatoms. The van der Waals surface area contributed by atoms with Crippen LogP contribution in [0.2, 0.25) is 0 Å². The monoisotopic (exact) mass is 409 g/mol. The lowest BCUT2D eigenvalue weighted by Gasteiger charge is -2.23. The van der Waals surface area contributed by atoms with Crippen LogP contribution in [0.4, 0.5) is 0 Å². The van der Waals surface area contributed by atoms with Gasteiger partial charge in [-0.1, -0.05) is 12.1 Å². The molecule has 0 unspecified atom stereocenters. The van der Waals surface area contributed by atoms with Gasteiger partial charge in [0, 0.05) is 13.1 Å². The lowest BCUT2D eigenvalue weighted by atomic mass is 10.2. The number of amides is 1. The number of aromatic nitrogens is 2. The number of fused-ring (bicyclic) bond motifs is 1. The second kappa shape index (κ2) is 7.58. The molecule has 1 amide bonds. The van der Waals surface area contributed by atoms with Crippen molar-refractivity contribution in [3.63, 3.8) is 0 Å². The molecule has 1 N–H and O–H groups in total. The van der Waals surface area contributed by atoms with E-state index in [4.69, 9.17) is 4.74 Å². The summed E-state index contributed by atoms with van der Waals surface area (Å²) in [4.78, 5) is 49.7. The number of rotatable bonds is 5. The largest absolute Gasteiger partial charge is 0.454 e. The van der Waals surface area contributed by atoms with Gasteiger partial charge in [0.05, 0.1) is 22.3 Å². The van der Waals surface area contributed by atoms with Crippen LogP contribution < -0.4 is 11.1 Å². The van der Waals surface area contributed by atoms with Crippen molar-refractivity contribution in [3.05, 3.63) is 45.0 Å². The number of benzene rings is 1. The average Bonchev–Trinajstić information content (AvgIpc) is 3.03. The van der Waals surface area contributed by atoms with Gasteiger partial charge in [0.15, 0.2) is 16.4 Å². The highest BCUT2D eigenvalue weighted by molar-refractivity contribution is 7.91. The number of H-pyrrole nitrogens is 1. The third-order valence-corrected chi connectivity index (χ3v) is 6.43. The van der Waals surface area contributed by atoms with Gasteiger partial charge in [-0.2, -0.15) is 0 Å². The number of carbonyl (C=O) groups excluding carboxylic acids is 2. The molecule has 0 radical (unpaired) electrons. The zero-order valence-electron chi connectivity index (χ0n) is 15.1. The number of carbonyl (C=O) groups is 2. The predicted octanol–water partition coefficient (Wildman–Crippen LogP) is -1.12. The van der Waals surface area contributed by atoms with Gasteiger partial charge < -0.3 is 9.64 Å². The number of nitrogens with one attached hydrogen (secondary N) is 1. The summed E-state index contributed by atoms with van der Waals surface area (Å²) in [7, 11) is -1.69. The van der Waals surface area contributed by atoms with Crippen molar-refractivity contribution < 1.29 is 22.7 Å². The second-order valence-electron chi connectivity index (χ2n) is 6.60. The first-order valence-electron chi connectivity index (χ1n) is 8.51. The van der Waals surface area contributed by atoms with E-state index in [0.717, 1.165) is 4.68 Å². The Kier molecular flexibility index (Phi) is 5.36. The molecule has 0 saturated carbocycles. The van der Waals surface area contributed by atoms with Gasteiger partial charge in [0.25, 0.3) is 17.0 Å². The fourth-order valence-corrected chi connectivity index (χ4v) is 4.84. The summed E-state index contributed by atoms with van der Waals surface area (Å²) >= 11 is 0. The van der Waals surface area contributed by atoms with Crippen molar-refractivity contribution in [2.45, 2.75) is 19.0 Å². The number of likely N-dealkylation sites (N-methyl/N-ethyl adjacent to an activating group) is 1. The van der Waals surface area contributed by atoms with Crippen LogP contribution in [0.5, 0.6) is 0 Å². The van der Waals surface area contributed by atoms with Gasteiger partial charge in [-0.25, -0.2) is 13.1 Å². The summed E-state index contributed by atoms with van der Waals surface area (Å²) in [6.45, 7) is -1.15. The van der Waals surface area contributed by atoms with Gasteiger partial charge in [0.2, 0.25) is 0 Å². The van der Waals surface area contributed by atoms with Crippen LogP contribution in [-0.4, -0.2) is 66.2 Å². The third kappa shape index (κ3) is 4.14. The number of ether oxygens (including phenoxy) is 1. The summed E-state index contributed by atoms with van der Waals surface area (Å²) in [5.74, 6) is -1.52. The number of esters is 1. The molecular formula is C17H19N3O7S. The minimum absolute atomic E-state index is 0.0211. The Morgan fingerprint density at radius 3 is 2.57 bits per heavy atom. The number of sulfone groups is 1. The number of nitrogens with zero attached hydrogens (tertiary/aromatic N) is 2. The first kappa shape index (κ1) is 19.8. The summed E-state index contributed by atoms with van der Waals surface area (Å²) in [6, 6.07) is 5.74. The van der Waals surface area contributed by atoms with Gasteiger partial charge in [0.1, 0.15) is 6.54 Å². The van der Waals surface area contributed by atoms with Crippen molar-refractivity contribution >= 4 is 32.5 Å². The van der Waals surface area contributed by atoms with E-state index < -0.39 is 52.0 Å². The SMILES string of the molecule is CN(C(=O)COC(=O)Cn1[nH]c(=O)c2ccccc2c1=O)[C@H]1CCS(=O)(=O)C1. The van der Waals surface area contributed by atoms with E-state index in [0.29, 0.717) is 6.42 Å². The minimum Gasteiger partial charge on any atom is -0.454 e. The van der Waals surface area contributed by atoms with Gasteiger partial charge in [-0.05, 0) is 18.6 Å². The Morgan fingerprint density at radius 1 is 1.25 bits per heavy atom. The van der Waals surface area contributed by atoms with Crippen molar-refractivity contribution in [1.29, 1.82) is 0 Å². The highest BCUT2D eigenvalue weighted by Crippen LogP contribution is 2.16. The molecule has 1 aromatic carbocycles. The Labute approximate surface area is 159 Å². The average molecular weight is 409 g/mol. The molecule has 1 aromatic heterocycles. The summed E-state index contributed by atoms with van der Waals surface area (Å²) in [6.07, 6.45) is 0.340. The Hall–Kier alpha value is -2.95. The highest BCUT2D eigenvalue weighted by atomic mass is 32.2. The van der Waals surface area contributed by atoms with Crippen LogP contribution in [0, 0.1) is 0 Å². The lowest BCUT2D eigenvalue weighted by Crippen LogP contribution is -2.40. The molecule has 1 atom stereocenters. The highest BCUT2D eigenvalue weighted by Gasteiger charge is 2.32. The van der Waals surface area contributed by atoms with Crippen molar-refractivity contribution in [2.75, 3.05) is 25.2 Å². The van der Waals surface area contributed by atoms with E-state index >= 15 is 0 Å². The maximum atomic E-state index is 12.4. The zero-order valence-corrected chi connectivity index (χ0v) is 15.9. The summed E-state index contributed by atoms with van der Waals surface area (Å²) in [5, 5.41) is 2.67. The molecule has 10 nitrogen and oxygen atoms in total. The van der Waals surface area contributed by atoms with Crippen molar-refractivity contribution in [2.24, 2.45) is 0 Å². The first-order valence-corrected chi connectivity index (χ1v) is 10.3. The molecule has 1 saturated heterocycles. The predicted molar refractivity (Wildman–Crippen MR) is 99.6 cm³/mol. The summed E-state index contributed by atoms with van der Waals surface area (Å²) in [5.41, 5.74) is -1.09. The molecule has 2 heterocycles. The molecular weight excluding hydrogens is 390 g/mol. The van der Waals surface area contributed by atoms with E-state index in [9.17, 15) is 27.6 Å². The molecule has 28 heavy (non-hydrogen) atoms. The Morgan fingerprint density at radius 2 is 1.93 bits per heavy atom. The third-order valence-electron chi connectivity index (χ3n) is 4.68. The Bertz CT molecular complexity index is 1150. The molecule has 1 aliphatic heterocycles. The number of hydrogen-bond acceptors (Lipinski definition) is 7. The van der Waals surface area contributed by atoms with E-state index in [1.807, 2.05) is 0 Å². The molecule has 0 aliphatic carbocycles.